The molecule has 0 fully saturated rings. The van der Waals surface area contributed by atoms with Crippen molar-refractivity contribution in [3.8, 4) is 0 Å². The van der Waals surface area contributed by atoms with Crippen molar-refractivity contribution in [2.45, 2.75) is 38.3 Å². The lowest BCUT2D eigenvalue weighted by Gasteiger charge is -2.26. The van der Waals surface area contributed by atoms with Gasteiger partial charge >= 0.3 is 11.9 Å². The third-order valence-corrected chi connectivity index (χ3v) is 8.31. The molecule has 0 saturated heterocycles. The molecule has 6 heteroatoms. The second-order valence-electron chi connectivity index (χ2n) is 11.0. The topological polar surface area (TPSA) is 71.1 Å². The number of hydrogen-bond acceptors (Lipinski definition) is 6. The van der Waals surface area contributed by atoms with Gasteiger partial charge in [0.05, 0.1) is 0 Å². The molecule has 0 aliphatic carbocycles. The van der Waals surface area contributed by atoms with Gasteiger partial charge in [0.15, 0.2) is 12.2 Å². The molecule has 6 rings (SSSR count). The molecule has 222 valence electrons. The van der Waals surface area contributed by atoms with Crippen LogP contribution in [0.4, 0.5) is 0 Å². The Bertz CT molecular complexity index is 1740. The van der Waals surface area contributed by atoms with Crippen molar-refractivity contribution in [3.63, 3.8) is 0 Å². The highest BCUT2D eigenvalue weighted by molar-refractivity contribution is 6.06. The van der Waals surface area contributed by atoms with Gasteiger partial charge in [-0.3, -0.25) is 0 Å². The molecule has 0 bridgehead atoms. The number of benzene rings is 6. The Hall–Kier alpha value is -4.78. The van der Waals surface area contributed by atoms with Crippen LogP contribution < -0.4 is 0 Å². The summed E-state index contributed by atoms with van der Waals surface area (Å²) in [5.74, 6) is -1.12. The zero-order chi connectivity index (χ0) is 30.8. The molecular formula is C38H34O6. The first-order valence-electron chi connectivity index (χ1n) is 14.7. The molecule has 0 unspecified atom stereocenters. The Kier molecular flexibility index (Phi) is 8.29. The summed E-state index contributed by atoms with van der Waals surface area (Å²) in [6, 6.07) is 35.8. The third-order valence-electron chi connectivity index (χ3n) is 8.31. The average molecular weight is 587 g/mol. The SMILES string of the molecule is CO[C@@H](C(=O)O[C@@H](C)[C@H](C)OC(=O)[C@H](OC)c1c2ccccc2cc2ccccc12)c1c2ccccc2cc2ccccc12. The third kappa shape index (κ3) is 5.39. The van der Waals surface area contributed by atoms with Crippen LogP contribution in [0.1, 0.15) is 37.2 Å². The maximum atomic E-state index is 13.7. The van der Waals surface area contributed by atoms with Crippen molar-refractivity contribution in [2.24, 2.45) is 0 Å². The number of methoxy groups -OCH3 is 2. The largest absolute Gasteiger partial charge is 0.457 e. The minimum Gasteiger partial charge on any atom is -0.457 e. The van der Waals surface area contributed by atoms with Crippen LogP contribution >= 0.6 is 0 Å². The van der Waals surface area contributed by atoms with Gasteiger partial charge in [-0.05, 0) is 69.1 Å². The summed E-state index contributed by atoms with van der Waals surface area (Å²) in [6.45, 7) is 3.41. The van der Waals surface area contributed by atoms with Crippen molar-refractivity contribution in [1.82, 2.24) is 0 Å². The Morgan fingerprint density at radius 3 is 1.02 bits per heavy atom. The first-order valence-corrected chi connectivity index (χ1v) is 14.7. The fraction of sp³-hybridized carbons (Fsp3) is 0.211. The number of fused-ring (bicyclic) bond motifs is 4. The first-order chi connectivity index (χ1) is 21.4. The van der Waals surface area contributed by atoms with Gasteiger partial charge in [-0.2, -0.15) is 0 Å². The zero-order valence-electron chi connectivity index (χ0n) is 25.2. The van der Waals surface area contributed by atoms with E-state index in [0.717, 1.165) is 54.2 Å². The molecule has 0 amide bonds. The molecule has 0 aromatic heterocycles. The normalized spacial score (nSPS) is 14.4. The highest BCUT2D eigenvalue weighted by atomic mass is 16.6. The van der Waals surface area contributed by atoms with E-state index in [9.17, 15) is 9.59 Å². The highest BCUT2D eigenvalue weighted by Gasteiger charge is 2.32. The minimum absolute atomic E-state index is 0.562. The molecule has 0 N–H and O–H groups in total. The molecule has 0 heterocycles. The molecular weight excluding hydrogens is 552 g/mol. The minimum atomic E-state index is -0.981. The summed E-state index contributed by atoms with van der Waals surface area (Å²) in [7, 11) is 2.99. The van der Waals surface area contributed by atoms with Gasteiger partial charge in [0, 0.05) is 25.3 Å². The summed E-state index contributed by atoms with van der Waals surface area (Å²) in [5.41, 5.74) is 1.48. The maximum Gasteiger partial charge on any atom is 0.340 e. The lowest BCUT2D eigenvalue weighted by atomic mass is 9.93. The monoisotopic (exact) mass is 586 g/mol. The van der Waals surface area contributed by atoms with E-state index in [0.29, 0.717) is 0 Å². The maximum absolute atomic E-state index is 13.7. The van der Waals surface area contributed by atoms with Gasteiger partial charge in [-0.1, -0.05) is 97.1 Å². The predicted molar refractivity (Wildman–Crippen MR) is 174 cm³/mol. The number of esters is 2. The van der Waals surface area contributed by atoms with Crippen LogP contribution in [0, 0.1) is 0 Å². The van der Waals surface area contributed by atoms with Crippen LogP contribution in [0.15, 0.2) is 109 Å². The van der Waals surface area contributed by atoms with E-state index in [2.05, 4.69) is 12.1 Å². The fourth-order valence-electron chi connectivity index (χ4n) is 6.01. The molecule has 0 aliphatic heterocycles. The second-order valence-corrected chi connectivity index (χ2v) is 11.0. The van der Waals surface area contributed by atoms with Crippen molar-refractivity contribution in [1.29, 1.82) is 0 Å². The molecule has 0 spiro atoms. The van der Waals surface area contributed by atoms with E-state index in [1.54, 1.807) is 13.8 Å². The molecule has 0 radical (unpaired) electrons. The van der Waals surface area contributed by atoms with Gasteiger partial charge in [-0.15, -0.1) is 0 Å². The number of ether oxygens (including phenoxy) is 4. The zero-order valence-corrected chi connectivity index (χ0v) is 25.2. The van der Waals surface area contributed by atoms with Gasteiger partial charge in [0.1, 0.15) is 12.2 Å². The number of rotatable bonds is 9. The van der Waals surface area contributed by atoms with Gasteiger partial charge in [-0.25, -0.2) is 9.59 Å². The summed E-state index contributed by atoms with van der Waals surface area (Å²) >= 11 is 0. The molecule has 0 aliphatic rings. The van der Waals surface area contributed by atoms with E-state index < -0.39 is 36.4 Å². The van der Waals surface area contributed by atoms with Crippen molar-refractivity contribution >= 4 is 55.0 Å². The average Bonchev–Trinajstić information content (AvgIpc) is 3.04. The molecule has 0 saturated carbocycles. The molecule has 6 aromatic rings. The first kappa shape index (κ1) is 29.3. The summed E-state index contributed by atoms with van der Waals surface area (Å²) in [5, 5.41) is 7.63. The van der Waals surface area contributed by atoms with Crippen molar-refractivity contribution in [3.05, 3.63) is 120 Å². The lowest BCUT2D eigenvalue weighted by Crippen LogP contribution is -2.34. The van der Waals surface area contributed by atoms with Gasteiger partial charge in [0.2, 0.25) is 0 Å². The smallest absolute Gasteiger partial charge is 0.340 e. The number of hydrogen-bond donors (Lipinski definition) is 0. The van der Waals surface area contributed by atoms with Gasteiger partial charge in [0.25, 0.3) is 0 Å². The number of carbonyl (C=O) groups is 2. The summed E-state index contributed by atoms with van der Waals surface area (Å²) < 4.78 is 23.3. The fourth-order valence-corrected chi connectivity index (χ4v) is 6.01. The summed E-state index contributed by atoms with van der Waals surface area (Å²) in [4.78, 5) is 27.3. The second kappa shape index (κ2) is 12.4. The van der Waals surface area contributed by atoms with Crippen LogP contribution in [0.5, 0.6) is 0 Å². The molecule has 44 heavy (non-hydrogen) atoms. The number of carbonyl (C=O) groups excluding carboxylic acids is 2. The van der Waals surface area contributed by atoms with E-state index >= 15 is 0 Å². The van der Waals surface area contributed by atoms with E-state index in [1.807, 2.05) is 97.1 Å². The standard InChI is InChI=1S/C38H34O6/c1-23(43-37(39)35(41-3)33-29-17-9-5-13-25(29)21-26-14-6-10-18-30(26)33)24(2)44-38(40)36(42-4)34-31-19-11-7-15-27(31)22-28-16-8-12-20-32(28)34/h5-24,35-36H,1-4H3/t23-,24-,35+,36+/m0/s1. The van der Waals surface area contributed by atoms with Crippen molar-refractivity contribution < 1.29 is 28.5 Å². The Morgan fingerprint density at radius 1 is 0.477 bits per heavy atom. The molecule has 6 aromatic carbocycles. The summed E-state index contributed by atoms with van der Waals surface area (Å²) in [6.07, 6.45) is -3.48. The lowest BCUT2D eigenvalue weighted by molar-refractivity contribution is -0.177. The Balaban J connectivity index is 1.25. The van der Waals surface area contributed by atoms with E-state index in [1.165, 1.54) is 14.2 Å². The Labute approximate surface area is 256 Å². The van der Waals surface area contributed by atoms with Crippen LogP contribution in [0.3, 0.4) is 0 Å². The van der Waals surface area contributed by atoms with Crippen molar-refractivity contribution in [2.75, 3.05) is 14.2 Å². The van der Waals surface area contributed by atoms with E-state index in [4.69, 9.17) is 18.9 Å². The highest BCUT2D eigenvalue weighted by Crippen LogP contribution is 2.37. The quantitative estimate of drug-likeness (QED) is 0.126. The van der Waals surface area contributed by atoms with Crippen LogP contribution in [-0.2, 0) is 28.5 Å². The molecule has 4 atom stereocenters. The Morgan fingerprint density at radius 2 is 0.750 bits per heavy atom. The van der Waals surface area contributed by atoms with Crippen LogP contribution in [-0.4, -0.2) is 38.4 Å². The predicted octanol–water partition coefficient (Wildman–Crippen LogP) is 8.24. The van der Waals surface area contributed by atoms with Crippen LogP contribution in [0.2, 0.25) is 0 Å². The van der Waals surface area contributed by atoms with E-state index in [-0.39, 0.29) is 0 Å². The van der Waals surface area contributed by atoms with Crippen LogP contribution in [0.25, 0.3) is 43.1 Å². The molecule has 6 nitrogen and oxygen atoms in total. The van der Waals surface area contributed by atoms with Gasteiger partial charge < -0.3 is 18.9 Å².